The van der Waals surface area contributed by atoms with Crippen LogP contribution in [0.2, 0.25) is 5.02 Å². The van der Waals surface area contributed by atoms with E-state index in [0.29, 0.717) is 23.3 Å². The van der Waals surface area contributed by atoms with Gasteiger partial charge < -0.3 is 9.40 Å². The minimum absolute atomic E-state index is 0.0425. The van der Waals surface area contributed by atoms with E-state index in [-0.39, 0.29) is 5.56 Å². The topological polar surface area (TPSA) is 59.7 Å². The minimum Gasteiger partial charge on any atom is -0.396 e. The molecule has 0 spiro atoms. The Balaban J connectivity index is 1.39. The van der Waals surface area contributed by atoms with Crippen molar-refractivity contribution >= 4 is 17.3 Å². The smallest absolute Gasteiger partial charge is 0.250 e. The van der Waals surface area contributed by atoms with Gasteiger partial charge in [0.2, 0.25) is 5.56 Å². The van der Waals surface area contributed by atoms with Crippen LogP contribution in [0, 0.1) is 0 Å². The Bertz CT molecular complexity index is 1150. The molecule has 0 radical (unpaired) electrons. The average Bonchev–Trinajstić information content (AvgIpc) is 2.84. The van der Waals surface area contributed by atoms with Crippen LogP contribution in [0.1, 0.15) is 48.1 Å². The van der Waals surface area contributed by atoms with E-state index in [4.69, 9.17) is 16.4 Å². The number of piperidine rings is 1. The zero-order valence-electron chi connectivity index (χ0n) is 19.1. The second-order valence-electron chi connectivity index (χ2n) is 8.38. The molecule has 1 aliphatic rings. The van der Waals surface area contributed by atoms with Gasteiger partial charge >= 0.3 is 0 Å². The van der Waals surface area contributed by atoms with Gasteiger partial charge in [-0.2, -0.15) is 0 Å². The number of rotatable bonds is 7. The lowest BCUT2D eigenvalue weighted by molar-refractivity contribution is 0.159. The van der Waals surface area contributed by atoms with Crippen molar-refractivity contribution in [2.75, 3.05) is 19.7 Å². The highest BCUT2D eigenvalue weighted by atomic mass is 35.5. The Morgan fingerprint density at radius 1 is 1.12 bits per heavy atom. The number of hydrogen-bond acceptors (Lipinski definition) is 5. The molecule has 2 aromatic heterocycles. The molecule has 0 unspecified atom stereocenters. The van der Waals surface area contributed by atoms with E-state index in [1.165, 1.54) is 11.1 Å². The molecule has 1 aromatic carbocycles. The molecule has 1 saturated heterocycles. The van der Waals surface area contributed by atoms with Crippen LogP contribution in [-0.2, 0) is 18.4 Å². The van der Waals surface area contributed by atoms with Crippen LogP contribution >= 0.6 is 11.6 Å². The lowest BCUT2D eigenvalue weighted by Crippen LogP contribution is -2.32. The predicted octanol–water partition coefficient (Wildman–Crippen LogP) is 4.60. The molecule has 0 bridgehead atoms. The molecular weight excluding hydrogens is 436 g/mol. The standard InChI is InChI=1S/C26H29ClN4O2/c1-3-33-29-26(24-10-9-23(27)16-28-24)21-6-4-19(5-7-21)17-31-14-12-20(13-15-31)22-8-11-25(32)30(2)18-22/h4-11,16,18,20H,3,12-15,17H2,1-2H3. The molecule has 3 heterocycles. The maximum Gasteiger partial charge on any atom is 0.250 e. The highest BCUT2D eigenvalue weighted by Gasteiger charge is 2.21. The molecule has 3 aromatic rings. The van der Waals surface area contributed by atoms with E-state index in [2.05, 4.69) is 39.3 Å². The van der Waals surface area contributed by atoms with Crippen molar-refractivity contribution in [3.8, 4) is 0 Å². The Labute approximate surface area is 199 Å². The van der Waals surface area contributed by atoms with Crippen LogP contribution in [0.25, 0.3) is 0 Å². The first-order valence-electron chi connectivity index (χ1n) is 11.3. The van der Waals surface area contributed by atoms with Gasteiger partial charge in [0.05, 0.1) is 10.7 Å². The summed E-state index contributed by atoms with van der Waals surface area (Å²) in [6.45, 7) is 5.39. The number of pyridine rings is 2. The van der Waals surface area contributed by atoms with Crippen molar-refractivity contribution in [3.63, 3.8) is 0 Å². The van der Waals surface area contributed by atoms with Crippen molar-refractivity contribution < 1.29 is 4.84 Å². The maximum atomic E-state index is 11.7. The monoisotopic (exact) mass is 464 g/mol. The number of aryl methyl sites for hydroxylation is 1. The largest absolute Gasteiger partial charge is 0.396 e. The number of halogens is 1. The molecule has 4 rings (SSSR count). The minimum atomic E-state index is 0.0425. The summed E-state index contributed by atoms with van der Waals surface area (Å²) in [7, 11) is 1.82. The summed E-state index contributed by atoms with van der Waals surface area (Å²) in [5, 5.41) is 4.87. The van der Waals surface area contributed by atoms with Gasteiger partial charge in [-0.05, 0) is 62.0 Å². The third kappa shape index (κ3) is 5.89. The molecule has 172 valence electrons. The van der Waals surface area contributed by atoms with Gasteiger partial charge in [-0.25, -0.2) is 0 Å². The van der Waals surface area contributed by atoms with E-state index >= 15 is 0 Å². The number of nitrogens with zero attached hydrogens (tertiary/aromatic N) is 4. The molecule has 7 heteroatoms. The number of benzene rings is 1. The van der Waals surface area contributed by atoms with Crippen LogP contribution < -0.4 is 5.56 Å². The second-order valence-corrected chi connectivity index (χ2v) is 8.81. The SMILES string of the molecule is CCON=C(c1ccc(CN2CCC(c3ccc(=O)n(C)c3)CC2)cc1)c1ccc(Cl)cn1. The lowest BCUT2D eigenvalue weighted by atomic mass is 9.90. The lowest BCUT2D eigenvalue weighted by Gasteiger charge is -2.32. The molecule has 0 amide bonds. The maximum absolute atomic E-state index is 11.7. The zero-order valence-corrected chi connectivity index (χ0v) is 19.8. The van der Waals surface area contributed by atoms with Crippen LogP contribution in [0.15, 0.2) is 70.9 Å². The van der Waals surface area contributed by atoms with Gasteiger partial charge in [0.15, 0.2) is 0 Å². The Morgan fingerprint density at radius 3 is 2.52 bits per heavy atom. The average molecular weight is 465 g/mol. The summed E-state index contributed by atoms with van der Waals surface area (Å²) in [6, 6.07) is 15.7. The molecule has 1 fully saturated rings. The first kappa shape index (κ1) is 23.2. The molecule has 6 nitrogen and oxygen atoms in total. The third-order valence-corrected chi connectivity index (χ3v) is 6.28. The van der Waals surface area contributed by atoms with Crippen LogP contribution in [0.3, 0.4) is 0 Å². The fourth-order valence-corrected chi connectivity index (χ4v) is 4.31. The first-order valence-corrected chi connectivity index (χ1v) is 11.7. The summed E-state index contributed by atoms with van der Waals surface area (Å²) in [6.07, 6.45) is 5.80. The van der Waals surface area contributed by atoms with Crippen molar-refractivity contribution in [1.29, 1.82) is 0 Å². The number of oxime groups is 1. The van der Waals surface area contributed by atoms with Gasteiger partial charge in [-0.3, -0.25) is 14.7 Å². The van der Waals surface area contributed by atoms with E-state index in [1.807, 2.05) is 32.3 Å². The van der Waals surface area contributed by atoms with Gasteiger partial charge in [0, 0.05) is 37.6 Å². The number of hydrogen-bond donors (Lipinski definition) is 0. The van der Waals surface area contributed by atoms with Crippen molar-refractivity contribution in [2.24, 2.45) is 12.2 Å². The molecule has 33 heavy (non-hydrogen) atoms. The van der Waals surface area contributed by atoms with E-state index in [1.54, 1.807) is 22.9 Å². The summed E-state index contributed by atoms with van der Waals surface area (Å²) in [5.74, 6) is 0.514. The normalized spacial score (nSPS) is 15.5. The highest BCUT2D eigenvalue weighted by molar-refractivity contribution is 6.30. The number of likely N-dealkylation sites (tertiary alicyclic amines) is 1. The molecule has 0 N–H and O–H groups in total. The fraction of sp³-hybridized carbons (Fsp3) is 0.346. The van der Waals surface area contributed by atoms with E-state index in [9.17, 15) is 4.79 Å². The van der Waals surface area contributed by atoms with Crippen LogP contribution in [0.4, 0.5) is 0 Å². The van der Waals surface area contributed by atoms with Crippen LogP contribution in [-0.4, -0.2) is 39.9 Å². The van der Waals surface area contributed by atoms with Gasteiger partial charge in [0.25, 0.3) is 0 Å². The van der Waals surface area contributed by atoms with Gasteiger partial charge in [-0.15, -0.1) is 0 Å². The fourth-order valence-electron chi connectivity index (χ4n) is 4.20. The van der Waals surface area contributed by atoms with Gasteiger partial charge in [0.1, 0.15) is 12.3 Å². The van der Waals surface area contributed by atoms with Crippen LogP contribution in [0.5, 0.6) is 0 Å². The number of aromatic nitrogens is 2. The third-order valence-electron chi connectivity index (χ3n) is 6.06. The predicted molar refractivity (Wildman–Crippen MR) is 132 cm³/mol. The van der Waals surface area contributed by atoms with Crippen molar-refractivity contribution in [1.82, 2.24) is 14.5 Å². The molecular formula is C26H29ClN4O2. The molecule has 1 aliphatic heterocycles. The summed E-state index contributed by atoms with van der Waals surface area (Å²) >= 11 is 5.99. The first-order chi connectivity index (χ1) is 16.0. The Hall–Kier alpha value is -2.96. The molecule has 0 atom stereocenters. The van der Waals surface area contributed by atoms with Crippen molar-refractivity contribution in [2.45, 2.75) is 32.2 Å². The second kappa shape index (κ2) is 10.8. The summed E-state index contributed by atoms with van der Waals surface area (Å²) in [5.41, 5.74) is 4.94. The molecule has 0 aliphatic carbocycles. The van der Waals surface area contributed by atoms with E-state index < -0.39 is 0 Å². The highest BCUT2D eigenvalue weighted by Crippen LogP contribution is 2.28. The Morgan fingerprint density at radius 2 is 1.88 bits per heavy atom. The van der Waals surface area contributed by atoms with E-state index in [0.717, 1.165) is 43.7 Å². The zero-order chi connectivity index (χ0) is 23.2. The molecule has 0 saturated carbocycles. The summed E-state index contributed by atoms with van der Waals surface area (Å²) in [4.78, 5) is 23.9. The quantitative estimate of drug-likeness (QED) is 0.378. The summed E-state index contributed by atoms with van der Waals surface area (Å²) < 4.78 is 1.67. The Kier molecular flexibility index (Phi) is 7.57. The van der Waals surface area contributed by atoms with Crippen molar-refractivity contribution in [3.05, 3.63) is 98.7 Å². The van der Waals surface area contributed by atoms with Gasteiger partial charge in [-0.1, -0.05) is 47.1 Å².